The molecule has 0 aliphatic carbocycles. The number of aryl methyl sites for hydroxylation is 2. The number of ether oxygens (including phenoxy) is 2. The molecule has 1 aromatic heterocycles. The van der Waals surface area contributed by atoms with E-state index in [0.29, 0.717) is 45.5 Å². The van der Waals surface area contributed by atoms with E-state index in [-0.39, 0.29) is 10.8 Å². The minimum Gasteiger partial charge on any atom is -0.493 e. The number of carbonyl (C=O) groups excluding carboxylic acids is 1. The van der Waals surface area contributed by atoms with Crippen LogP contribution in [0.15, 0.2) is 45.8 Å². The van der Waals surface area contributed by atoms with Crippen molar-refractivity contribution in [3.05, 3.63) is 59.0 Å². The number of nitrogens with zero attached hydrogens (tertiary/aromatic N) is 1. The summed E-state index contributed by atoms with van der Waals surface area (Å²) >= 11 is 0. The molecule has 0 spiro atoms. The molecule has 1 heterocycles. The molecular formula is C23H25N3O6S. The van der Waals surface area contributed by atoms with E-state index in [1.165, 1.54) is 21.1 Å². The first-order valence-electron chi connectivity index (χ1n) is 9.92. The molecule has 0 bridgehead atoms. The van der Waals surface area contributed by atoms with Gasteiger partial charge in [-0.2, -0.15) is 0 Å². The maximum Gasteiger partial charge on any atom is 0.262 e. The van der Waals surface area contributed by atoms with E-state index >= 15 is 0 Å². The number of aromatic nitrogens is 1. The van der Waals surface area contributed by atoms with Crippen molar-refractivity contribution in [3.8, 4) is 11.5 Å². The van der Waals surface area contributed by atoms with Gasteiger partial charge in [-0.3, -0.25) is 9.52 Å². The van der Waals surface area contributed by atoms with Crippen LogP contribution in [0.25, 0.3) is 12.2 Å². The van der Waals surface area contributed by atoms with Gasteiger partial charge < -0.3 is 19.3 Å². The minimum absolute atomic E-state index is 0.121. The zero-order valence-electron chi connectivity index (χ0n) is 18.9. The minimum atomic E-state index is -3.89. The molecule has 0 saturated carbocycles. The summed E-state index contributed by atoms with van der Waals surface area (Å²) in [6, 6.07) is 9.80. The van der Waals surface area contributed by atoms with Crippen LogP contribution in [0.5, 0.6) is 11.5 Å². The van der Waals surface area contributed by atoms with Gasteiger partial charge in [-0.05, 0) is 49.2 Å². The Bertz CT molecular complexity index is 1310. The number of hydrogen-bond donors (Lipinski definition) is 2. The Balaban J connectivity index is 1.90. The zero-order valence-corrected chi connectivity index (χ0v) is 19.7. The highest BCUT2D eigenvalue weighted by Crippen LogP contribution is 2.31. The lowest BCUT2D eigenvalue weighted by molar-refractivity contribution is -0.114. The summed E-state index contributed by atoms with van der Waals surface area (Å²) in [5.74, 6) is 1.01. The van der Waals surface area contributed by atoms with Crippen LogP contribution in [0.3, 0.4) is 0 Å². The first-order valence-corrected chi connectivity index (χ1v) is 11.4. The Morgan fingerprint density at radius 2 is 1.76 bits per heavy atom. The van der Waals surface area contributed by atoms with Crippen LogP contribution < -0.4 is 19.5 Å². The fraction of sp³-hybridized carbons (Fsp3) is 0.217. The molecule has 0 atom stereocenters. The summed E-state index contributed by atoms with van der Waals surface area (Å²) < 4.78 is 44.5. The number of benzene rings is 2. The summed E-state index contributed by atoms with van der Waals surface area (Å²) in [5.41, 5.74) is 2.54. The normalized spacial score (nSPS) is 11.4. The Hall–Kier alpha value is -3.79. The van der Waals surface area contributed by atoms with Crippen molar-refractivity contribution >= 4 is 39.5 Å². The third kappa shape index (κ3) is 5.53. The van der Waals surface area contributed by atoms with Crippen molar-refractivity contribution < 1.29 is 27.2 Å². The van der Waals surface area contributed by atoms with Gasteiger partial charge in [0.1, 0.15) is 11.4 Å². The molecule has 0 unspecified atom stereocenters. The monoisotopic (exact) mass is 471 g/mol. The molecule has 0 saturated heterocycles. The molecule has 10 heteroatoms. The van der Waals surface area contributed by atoms with Gasteiger partial charge in [-0.1, -0.05) is 23.4 Å². The molecule has 1 amide bonds. The maximum absolute atomic E-state index is 13.1. The summed E-state index contributed by atoms with van der Waals surface area (Å²) in [7, 11) is -0.908. The highest BCUT2D eigenvalue weighted by atomic mass is 32.2. The maximum atomic E-state index is 13.1. The van der Waals surface area contributed by atoms with E-state index in [0.717, 1.165) is 0 Å². The van der Waals surface area contributed by atoms with E-state index in [1.807, 2.05) is 0 Å². The van der Waals surface area contributed by atoms with E-state index in [4.69, 9.17) is 14.0 Å². The molecule has 2 aromatic carbocycles. The van der Waals surface area contributed by atoms with E-state index in [9.17, 15) is 13.2 Å². The number of anilines is 2. The van der Waals surface area contributed by atoms with E-state index < -0.39 is 10.0 Å². The van der Waals surface area contributed by atoms with E-state index in [1.54, 1.807) is 62.4 Å². The summed E-state index contributed by atoms with van der Waals surface area (Å²) in [6.07, 6.45) is 3.30. The van der Waals surface area contributed by atoms with Crippen LogP contribution in [0.2, 0.25) is 0 Å². The summed E-state index contributed by atoms with van der Waals surface area (Å²) in [4.78, 5) is 11.5. The van der Waals surface area contributed by atoms with Crippen molar-refractivity contribution in [2.24, 2.45) is 0 Å². The molecule has 3 aromatic rings. The van der Waals surface area contributed by atoms with E-state index in [2.05, 4.69) is 15.2 Å². The average Bonchev–Trinajstić information content (AvgIpc) is 3.11. The number of hydrogen-bond acceptors (Lipinski definition) is 7. The molecule has 9 nitrogen and oxygen atoms in total. The standard InChI is InChI=1S/C23H25N3O6S/c1-14-6-7-17(8-10-20-23(24-16(3)27)15(2)25-32-20)12-22(14)33(28,29)26-18-9-11-19(30-4)21(13-18)31-5/h6-13,26H,1-5H3,(H,24,27). The largest absolute Gasteiger partial charge is 0.493 e. The molecule has 0 aliphatic heterocycles. The van der Waals surface area contributed by atoms with Gasteiger partial charge in [0.2, 0.25) is 5.91 Å². The smallest absolute Gasteiger partial charge is 0.262 e. The van der Waals surface area contributed by atoms with Crippen LogP contribution in [0.1, 0.15) is 29.5 Å². The fourth-order valence-electron chi connectivity index (χ4n) is 3.12. The average molecular weight is 472 g/mol. The number of amides is 1. The van der Waals surface area contributed by atoms with Gasteiger partial charge in [-0.15, -0.1) is 0 Å². The van der Waals surface area contributed by atoms with Crippen LogP contribution in [-0.4, -0.2) is 33.7 Å². The second-order valence-electron chi connectivity index (χ2n) is 7.22. The zero-order chi connectivity index (χ0) is 24.2. The van der Waals surface area contributed by atoms with Gasteiger partial charge in [-0.25, -0.2) is 8.42 Å². The molecule has 33 heavy (non-hydrogen) atoms. The Morgan fingerprint density at radius 3 is 2.42 bits per heavy atom. The first kappa shape index (κ1) is 23.9. The molecule has 0 radical (unpaired) electrons. The Morgan fingerprint density at radius 1 is 1.03 bits per heavy atom. The SMILES string of the molecule is COc1ccc(NS(=O)(=O)c2cc(C=Cc3onc(C)c3NC(C)=O)ccc2C)cc1OC. The molecular weight excluding hydrogens is 446 g/mol. The molecule has 174 valence electrons. The molecule has 0 aliphatic rings. The van der Waals surface area contributed by atoms with Gasteiger partial charge in [0, 0.05) is 13.0 Å². The van der Waals surface area contributed by atoms with Crippen LogP contribution in [-0.2, 0) is 14.8 Å². The predicted octanol–water partition coefficient (Wildman–Crippen LogP) is 4.24. The number of methoxy groups -OCH3 is 2. The van der Waals surface area contributed by atoms with Crippen molar-refractivity contribution in [2.75, 3.05) is 24.3 Å². The highest BCUT2D eigenvalue weighted by molar-refractivity contribution is 7.92. The number of nitrogens with one attached hydrogen (secondary N) is 2. The Labute approximate surface area is 192 Å². The van der Waals surface area contributed by atoms with Gasteiger partial charge >= 0.3 is 0 Å². The third-order valence-electron chi connectivity index (χ3n) is 4.75. The van der Waals surface area contributed by atoms with Gasteiger partial charge in [0.15, 0.2) is 17.3 Å². The summed E-state index contributed by atoms with van der Waals surface area (Å²) in [6.45, 7) is 4.82. The van der Waals surface area contributed by atoms with Gasteiger partial charge in [0.05, 0.1) is 24.8 Å². The van der Waals surface area contributed by atoms with Crippen molar-refractivity contribution in [1.29, 1.82) is 0 Å². The van der Waals surface area contributed by atoms with Gasteiger partial charge in [0.25, 0.3) is 10.0 Å². The third-order valence-corrected chi connectivity index (χ3v) is 6.28. The molecule has 3 rings (SSSR count). The predicted molar refractivity (Wildman–Crippen MR) is 126 cm³/mol. The highest BCUT2D eigenvalue weighted by Gasteiger charge is 2.19. The lowest BCUT2D eigenvalue weighted by Crippen LogP contribution is -2.14. The van der Waals surface area contributed by atoms with Crippen molar-refractivity contribution in [1.82, 2.24) is 5.16 Å². The molecule has 0 fully saturated rings. The van der Waals surface area contributed by atoms with Crippen molar-refractivity contribution in [3.63, 3.8) is 0 Å². The second-order valence-corrected chi connectivity index (χ2v) is 8.87. The lowest BCUT2D eigenvalue weighted by atomic mass is 10.1. The number of rotatable bonds is 8. The Kier molecular flexibility index (Phi) is 7.07. The topological polar surface area (TPSA) is 120 Å². The van der Waals surface area contributed by atoms with Crippen LogP contribution in [0, 0.1) is 13.8 Å². The van der Waals surface area contributed by atoms with Crippen LogP contribution in [0.4, 0.5) is 11.4 Å². The quantitative estimate of drug-likeness (QED) is 0.504. The van der Waals surface area contributed by atoms with Crippen molar-refractivity contribution in [2.45, 2.75) is 25.7 Å². The first-order chi connectivity index (χ1) is 15.6. The number of sulfonamides is 1. The van der Waals surface area contributed by atoms with Crippen LogP contribution >= 0.6 is 0 Å². The summed E-state index contributed by atoms with van der Waals surface area (Å²) in [5, 5.41) is 6.54. The fourth-order valence-corrected chi connectivity index (χ4v) is 4.45. The number of carbonyl (C=O) groups is 1. The molecule has 2 N–H and O–H groups in total. The second kappa shape index (κ2) is 9.78. The lowest BCUT2D eigenvalue weighted by Gasteiger charge is -2.13.